The average molecular weight is 306 g/mol. The van der Waals surface area contributed by atoms with Gasteiger partial charge in [-0.2, -0.15) is 0 Å². The molecule has 0 unspecified atom stereocenters. The van der Waals surface area contributed by atoms with Crippen molar-refractivity contribution in [2.24, 2.45) is 5.92 Å². The first kappa shape index (κ1) is 16.9. The highest BCUT2D eigenvalue weighted by molar-refractivity contribution is 5.73. The number of benzene rings is 1. The van der Waals surface area contributed by atoms with Crippen molar-refractivity contribution < 1.29 is 9.18 Å². The number of aryl methyl sites for hydroxylation is 1. The molecule has 0 saturated carbocycles. The average Bonchev–Trinajstić information content (AvgIpc) is 2.93. The molecule has 1 saturated heterocycles. The summed E-state index contributed by atoms with van der Waals surface area (Å²) in [5.41, 5.74) is 1.06. The van der Waals surface area contributed by atoms with E-state index >= 15 is 0 Å². The largest absolute Gasteiger partial charge is 0.343 e. The van der Waals surface area contributed by atoms with Crippen LogP contribution in [0, 0.1) is 11.7 Å². The Balaban J connectivity index is 1.75. The number of carbonyl (C=O) groups excluding carboxylic acids is 1. The zero-order chi connectivity index (χ0) is 16.1. The number of halogens is 1. The van der Waals surface area contributed by atoms with E-state index in [-0.39, 0.29) is 11.7 Å². The molecule has 1 fully saturated rings. The third kappa shape index (κ3) is 4.80. The van der Waals surface area contributed by atoms with Crippen LogP contribution in [0.1, 0.15) is 32.3 Å². The molecule has 0 radical (unpaired) electrons. The molecular weight excluding hydrogens is 279 g/mol. The summed E-state index contributed by atoms with van der Waals surface area (Å²) in [6.45, 7) is 6.67. The third-order valence-corrected chi connectivity index (χ3v) is 4.77. The number of hydrogen-bond donors (Lipinski definition) is 0. The molecule has 122 valence electrons. The van der Waals surface area contributed by atoms with Crippen molar-refractivity contribution in [3.63, 3.8) is 0 Å². The van der Waals surface area contributed by atoms with E-state index in [1.807, 2.05) is 11.0 Å². The SMILES string of the molecule is CC(=O)N1CC[C@H](CN(C)[C@H](C)CCc2cccc(F)c2)C1. The van der Waals surface area contributed by atoms with Crippen molar-refractivity contribution in [3.8, 4) is 0 Å². The normalized spacial score (nSPS) is 19.7. The van der Waals surface area contributed by atoms with Crippen LogP contribution in [0.2, 0.25) is 0 Å². The van der Waals surface area contributed by atoms with E-state index in [1.54, 1.807) is 19.1 Å². The smallest absolute Gasteiger partial charge is 0.219 e. The van der Waals surface area contributed by atoms with Crippen LogP contribution in [0.25, 0.3) is 0 Å². The van der Waals surface area contributed by atoms with Gasteiger partial charge in [0, 0.05) is 32.6 Å². The molecule has 2 atom stereocenters. The predicted molar refractivity (Wildman–Crippen MR) is 87.2 cm³/mol. The van der Waals surface area contributed by atoms with Gasteiger partial charge in [0.15, 0.2) is 0 Å². The Morgan fingerprint density at radius 1 is 1.50 bits per heavy atom. The summed E-state index contributed by atoms with van der Waals surface area (Å²) in [6, 6.07) is 7.31. The number of likely N-dealkylation sites (tertiary alicyclic amines) is 1. The molecule has 0 aromatic heterocycles. The lowest BCUT2D eigenvalue weighted by Gasteiger charge is -2.27. The molecule has 0 aliphatic carbocycles. The highest BCUT2D eigenvalue weighted by Gasteiger charge is 2.25. The third-order valence-electron chi connectivity index (χ3n) is 4.77. The van der Waals surface area contributed by atoms with Gasteiger partial charge >= 0.3 is 0 Å². The molecule has 0 spiro atoms. The van der Waals surface area contributed by atoms with Crippen LogP contribution in [-0.2, 0) is 11.2 Å². The lowest BCUT2D eigenvalue weighted by Crippen LogP contribution is -2.35. The van der Waals surface area contributed by atoms with Gasteiger partial charge < -0.3 is 9.80 Å². The maximum absolute atomic E-state index is 13.2. The minimum absolute atomic E-state index is 0.159. The first-order valence-electron chi connectivity index (χ1n) is 8.16. The fraction of sp³-hybridized carbons (Fsp3) is 0.611. The lowest BCUT2D eigenvalue weighted by molar-refractivity contribution is -0.127. The van der Waals surface area contributed by atoms with Gasteiger partial charge in [-0.05, 0) is 56.8 Å². The van der Waals surface area contributed by atoms with Gasteiger partial charge in [0.05, 0.1) is 0 Å². The molecule has 3 nitrogen and oxygen atoms in total. The van der Waals surface area contributed by atoms with Crippen LogP contribution >= 0.6 is 0 Å². The topological polar surface area (TPSA) is 23.6 Å². The zero-order valence-electron chi connectivity index (χ0n) is 13.9. The van der Waals surface area contributed by atoms with Gasteiger partial charge in [-0.15, -0.1) is 0 Å². The zero-order valence-corrected chi connectivity index (χ0v) is 13.9. The van der Waals surface area contributed by atoms with E-state index in [0.717, 1.165) is 44.5 Å². The number of amides is 1. The standard InChI is InChI=1S/C18H27FN2O/c1-14(7-8-16-5-4-6-18(19)11-16)20(3)12-17-9-10-21(13-17)15(2)22/h4-6,11,14,17H,7-10,12-13H2,1-3H3/t14-,17-/m1/s1. The predicted octanol–water partition coefficient (Wildman–Crippen LogP) is 2.95. The van der Waals surface area contributed by atoms with Gasteiger partial charge in [-0.3, -0.25) is 4.79 Å². The summed E-state index contributed by atoms with van der Waals surface area (Å²) >= 11 is 0. The maximum Gasteiger partial charge on any atom is 0.219 e. The highest BCUT2D eigenvalue weighted by atomic mass is 19.1. The Labute approximate surface area is 133 Å². The van der Waals surface area contributed by atoms with Crippen molar-refractivity contribution in [2.45, 2.75) is 39.2 Å². The fourth-order valence-electron chi connectivity index (χ4n) is 3.14. The molecule has 22 heavy (non-hydrogen) atoms. The monoisotopic (exact) mass is 306 g/mol. The second-order valence-electron chi connectivity index (χ2n) is 6.58. The van der Waals surface area contributed by atoms with E-state index in [1.165, 1.54) is 6.07 Å². The van der Waals surface area contributed by atoms with Gasteiger partial charge in [0.2, 0.25) is 5.91 Å². The molecule has 1 aliphatic rings. The molecule has 4 heteroatoms. The van der Waals surface area contributed by atoms with Crippen molar-refractivity contribution in [3.05, 3.63) is 35.6 Å². The maximum atomic E-state index is 13.2. The van der Waals surface area contributed by atoms with Crippen molar-refractivity contribution >= 4 is 5.91 Å². The molecular formula is C18H27FN2O. The molecule has 0 N–H and O–H groups in total. The van der Waals surface area contributed by atoms with E-state index in [4.69, 9.17) is 0 Å². The van der Waals surface area contributed by atoms with Crippen LogP contribution in [0.5, 0.6) is 0 Å². The number of carbonyl (C=O) groups is 1. The molecule has 1 heterocycles. The van der Waals surface area contributed by atoms with E-state index in [9.17, 15) is 9.18 Å². The van der Waals surface area contributed by atoms with E-state index < -0.39 is 0 Å². The van der Waals surface area contributed by atoms with Gasteiger partial charge in [0.1, 0.15) is 5.82 Å². The van der Waals surface area contributed by atoms with Crippen LogP contribution in [0.15, 0.2) is 24.3 Å². The first-order chi connectivity index (χ1) is 10.5. The van der Waals surface area contributed by atoms with Crippen molar-refractivity contribution in [1.82, 2.24) is 9.80 Å². The molecule has 1 aromatic rings. The van der Waals surface area contributed by atoms with Crippen molar-refractivity contribution in [1.29, 1.82) is 0 Å². The Bertz CT molecular complexity index is 506. The van der Waals surface area contributed by atoms with Gasteiger partial charge in [0.25, 0.3) is 0 Å². The van der Waals surface area contributed by atoms with Gasteiger partial charge in [-0.25, -0.2) is 4.39 Å². The summed E-state index contributed by atoms with van der Waals surface area (Å²) in [5.74, 6) is 0.601. The first-order valence-corrected chi connectivity index (χ1v) is 8.16. The van der Waals surface area contributed by atoms with Crippen molar-refractivity contribution in [2.75, 3.05) is 26.7 Å². The van der Waals surface area contributed by atoms with E-state index in [2.05, 4.69) is 18.9 Å². The summed E-state index contributed by atoms with van der Waals surface area (Å²) in [5, 5.41) is 0. The minimum Gasteiger partial charge on any atom is -0.343 e. The molecule has 2 rings (SSSR count). The van der Waals surface area contributed by atoms with Crippen LogP contribution in [-0.4, -0.2) is 48.4 Å². The number of nitrogens with zero attached hydrogens (tertiary/aromatic N) is 2. The number of hydrogen-bond acceptors (Lipinski definition) is 2. The van der Waals surface area contributed by atoms with Crippen LogP contribution in [0.3, 0.4) is 0 Å². The Kier molecular flexibility index (Phi) is 5.95. The Morgan fingerprint density at radius 3 is 2.91 bits per heavy atom. The summed E-state index contributed by atoms with van der Waals surface area (Å²) in [6.07, 6.45) is 3.01. The molecule has 0 bridgehead atoms. The Morgan fingerprint density at radius 2 is 2.27 bits per heavy atom. The summed E-state index contributed by atoms with van der Waals surface area (Å²) in [7, 11) is 2.15. The second-order valence-corrected chi connectivity index (χ2v) is 6.58. The second kappa shape index (κ2) is 7.73. The molecule has 1 amide bonds. The molecule has 1 aromatic carbocycles. The highest BCUT2D eigenvalue weighted by Crippen LogP contribution is 2.19. The van der Waals surface area contributed by atoms with E-state index in [0.29, 0.717) is 12.0 Å². The summed E-state index contributed by atoms with van der Waals surface area (Å²) in [4.78, 5) is 15.7. The summed E-state index contributed by atoms with van der Waals surface area (Å²) < 4.78 is 13.2. The van der Waals surface area contributed by atoms with Crippen LogP contribution < -0.4 is 0 Å². The number of rotatable bonds is 6. The molecule has 1 aliphatic heterocycles. The Hall–Kier alpha value is -1.42. The quantitative estimate of drug-likeness (QED) is 0.807. The minimum atomic E-state index is -0.159. The van der Waals surface area contributed by atoms with Crippen LogP contribution in [0.4, 0.5) is 4.39 Å². The lowest BCUT2D eigenvalue weighted by atomic mass is 10.0. The van der Waals surface area contributed by atoms with Gasteiger partial charge in [-0.1, -0.05) is 12.1 Å². The fourth-order valence-corrected chi connectivity index (χ4v) is 3.14.